The van der Waals surface area contributed by atoms with E-state index >= 15 is 0 Å². The van der Waals surface area contributed by atoms with Gasteiger partial charge in [-0.25, -0.2) is 4.79 Å². The second kappa shape index (κ2) is 6.03. The highest BCUT2D eigenvalue weighted by Crippen LogP contribution is 2.04. The predicted octanol–water partition coefficient (Wildman–Crippen LogP) is 1.04. The van der Waals surface area contributed by atoms with Gasteiger partial charge in [0.2, 0.25) is 0 Å². The number of hydrogen-bond acceptors (Lipinski definition) is 3. The van der Waals surface area contributed by atoms with Crippen LogP contribution in [0.2, 0.25) is 0 Å². The third kappa shape index (κ3) is 3.99. The van der Waals surface area contributed by atoms with Gasteiger partial charge in [0.25, 0.3) is 0 Å². The van der Waals surface area contributed by atoms with E-state index in [1.807, 2.05) is 24.3 Å². The van der Waals surface area contributed by atoms with Crippen molar-refractivity contribution in [2.24, 2.45) is 5.73 Å². The molecule has 4 nitrogen and oxygen atoms in total. The molecule has 0 heterocycles. The van der Waals surface area contributed by atoms with E-state index in [0.717, 1.165) is 12.0 Å². The minimum atomic E-state index is -0.416. The van der Waals surface area contributed by atoms with Crippen LogP contribution in [0, 0.1) is 0 Å². The van der Waals surface area contributed by atoms with Gasteiger partial charge >= 0.3 is 6.09 Å². The molecule has 1 amide bonds. The number of ether oxygens (including phenoxy) is 1. The van der Waals surface area contributed by atoms with Gasteiger partial charge in [-0.1, -0.05) is 24.3 Å². The molecule has 1 aromatic rings. The lowest BCUT2D eigenvalue weighted by Gasteiger charge is -2.04. The quantitative estimate of drug-likeness (QED) is 0.777. The molecule has 0 aromatic heterocycles. The second-order valence-corrected chi connectivity index (χ2v) is 3.20. The van der Waals surface area contributed by atoms with E-state index in [0.29, 0.717) is 13.1 Å². The smallest absolute Gasteiger partial charge is 0.407 e. The molecule has 0 fully saturated rings. The Bertz CT molecular complexity index is 309. The molecule has 1 rings (SSSR count). The molecule has 0 spiro atoms. The van der Waals surface area contributed by atoms with Crippen molar-refractivity contribution >= 4 is 6.09 Å². The topological polar surface area (TPSA) is 64.3 Å². The van der Waals surface area contributed by atoms with Crippen LogP contribution in [0.3, 0.4) is 0 Å². The Morgan fingerprint density at radius 3 is 2.47 bits per heavy atom. The van der Waals surface area contributed by atoms with Crippen molar-refractivity contribution in [1.29, 1.82) is 0 Å². The fourth-order valence-corrected chi connectivity index (χ4v) is 1.24. The number of benzene rings is 1. The number of methoxy groups -OCH3 is 1. The first-order valence-corrected chi connectivity index (χ1v) is 4.86. The largest absolute Gasteiger partial charge is 0.453 e. The average Bonchev–Trinajstić information content (AvgIpc) is 2.28. The number of alkyl carbamates (subject to hydrolysis) is 1. The van der Waals surface area contributed by atoms with Gasteiger partial charge in [-0.15, -0.1) is 0 Å². The highest BCUT2D eigenvalue weighted by molar-refractivity contribution is 5.66. The van der Waals surface area contributed by atoms with E-state index in [1.165, 1.54) is 12.7 Å². The number of nitrogens with one attached hydrogen (secondary N) is 1. The van der Waals surface area contributed by atoms with Crippen LogP contribution in [0.25, 0.3) is 0 Å². The molecule has 0 unspecified atom stereocenters. The van der Waals surface area contributed by atoms with Crippen LogP contribution in [-0.4, -0.2) is 19.7 Å². The van der Waals surface area contributed by atoms with Gasteiger partial charge in [-0.2, -0.15) is 0 Å². The fourth-order valence-electron chi connectivity index (χ4n) is 1.24. The average molecular weight is 208 g/mol. The Kier molecular flexibility index (Phi) is 4.63. The summed E-state index contributed by atoms with van der Waals surface area (Å²) in [6.07, 6.45) is 0.464. The fraction of sp³-hybridized carbons (Fsp3) is 0.364. The molecule has 3 N–H and O–H groups in total. The molecule has 0 saturated heterocycles. The highest BCUT2D eigenvalue weighted by Gasteiger charge is 1.98. The minimum absolute atomic E-state index is 0.416. The summed E-state index contributed by atoms with van der Waals surface area (Å²) >= 11 is 0. The Hall–Kier alpha value is -1.55. The van der Waals surface area contributed by atoms with Gasteiger partial charge in [0.05, 0.1) is 7.11 Å². The summed E-state index contributed by atoms with van der Waals surface area (Å²) in [7, 11) is 1.35. The van der Waals surface area contributed by atoms with E-state index in [9.17, 15) is 4.79 Å². The third-order valence-corrected chi connectivity index (χ3v) is 2.08. The molecule has 0 bridgehead atoms. The normalized spacial score (nSPS) is 9.73. The first-order chi connectivity index (χ1) is 7.26. The van der Waals surface area contributed by atoms with Crippen molar-refractivity contribution in [3.05, 3.63) is 35.4 Å². The number of hydrogen-bond donors (Lipinski definition) is 2. The number of rotatable bonds is 4. The van der Waals surface area contributed by atoms with E-state index in [4.69, 9.17) is 5.73 Å². The first-order valence-electron chi connectivity index (χ1n) is 4.86. The molecule has 0 aliphatic heterocycles. The number of carbonyl (C=O) groups is 1. The Morgan fingerprint density at radius 2 is 1.93 bits per heavy atom. The molecular formula is C11H16N2O2. The number of nitrogens with two attached hydrogens (primary N) is 1. The number of carbonyl (C=O) groups excluding carboxylic acids is 1. The van der Waals surface area contributed by atoms with Crippen molar-refractivity contribution in [1.82, 2.24) is 5.32 Å². The van der Waals surface area contributed by atoms with Crippen molar-refractivity contribution < 1.29 is 9.53 Å². The molecule has 0 atom stereocenters. The lowest BCUT2D eigenvalue weighted by atomic mass is 10.1. The third-order valence-electron chi connectivity index (χ3n) is 2.08. The second-order valence-electron chi connectivity index (χ2n) is 3.20. The zero-order chi connectivity index (χ0) is 11.1. The van der Waals surface area contributed by atoms with Gasteiger partial charge in [-0.3, -0.25) is 0 Å². The molecule has 0 aliphatic carbocycles. The maximum atomic E-state index is 10.8. The summed E-state index contributed by atoms with van der Waals surface area (Å²) in [5, 5.41) is 2.61. The van der Waals surface area contributed by atoms with Crippen molar-refractivity contribution in [2.75, 3.05) is 13.7 Å². The lowest BCUT2D eigenvalue weighted by molar-refractivity contribution is 0.170. The van der Waals surface area contributed by atoms with E-state index in [-0.39, 0.29) is 0 Å². The lowest BCUT2D eigenvalue weighted by Crippen LogP contribution is -2.22. The van der Waals surface area contributed by atoms with Crippen LogP contribution in [-0.2, 0) is 17.7 Å². The summed E-state index contributed by atoms with van der Waals surface area (Å²) in [4.78, 5) is 10.8. The highest BCUT2D eigenvalue weighted by atomic mass is 16.5. The Labute approximate surface area is 89.4 Å². The molecule has 4 heteroatoms. The van der Waals surface area contributed by atoms with Crippen LogP contribution in [0.1, 0.15) is 11.1 Å². The monoisotopic (exact) mass is 208 g/mol. The summed E-state index contributed by atoms with van der Waals surface area (Å²) in [6.45, 7) is 1.13. The van der Waals surface area contributed by atoms with Crippen LogP contribution in [0.4, 0.5) is 4.79 Å². The molecular weight excluding hydrogens is 192 g/mol. The van der Waals surface area contributed by atoms with Gasteiger partial charge in [0.15, 0.2) is 0 Å². The van der Waals surface area contributed by atoms with E-state index in [2.05, 4.69) is 10.1 Å². The van der Waals surface area contributed by atoms with Crippen LogP contribution >= 0.6 is 0 Å². The number of amides is 1. The Morgan fingerprint density at radius 1 is 1.33 bits per heavy atom. The molecule has 1 aromatic carbocycles. The first kappa shape index (κ1) is 11.5. The molecule has 0 saturated carbocycles. The maximum absolute atomic E-state index is 10.8. The van der Waals surface area contributed by atoms with Crippen molar-refractivity contribution in [2.45, 2.75) is 13.0 Å². The van der Waals surface area contributed by atoms with Gasteiger partial charge < -0.3 is 15.8 Å². The summed E-state index contributed by atoms with van der Waals surface area (Å²) in [5.74, 6) is 0. The molecule has 15 heavy (non-hydrogen) atoms. The van der Waals surface area contributed by atoms with E-state index in [1.54, 1.807) is 0 Å². The molecule has 82 valence electrons. The van der Waals surface area contributed by atoms with Crippen molar-refractivity contribution in [3.63, 3.8) is 0 Å². The summed E-state index contributed by atoms with van der Waals surface area (Å²) in [5.41, 5.74) is 7.69. The zero-order valence-electron chi connectivity index (χ0n) is 8.82. The molecule has 0 radical (unpaired) electrons. The molecule has 0 aliphatic rings. The van der Waals surface area contributed by atoms with Crippen molar-refractivity contribution in [3.8, 4) is 0 Å². The summed E-state index contributed by atoms with van der Waals surface area (Å²) in [6, 6.07) is 7.98. The van der Waals surface area contributed by atoms with Gasteiger partial charge in [-0.05, 0) is 24.1 Å². The van der Waals surface area contributed by atoms with Gasteiger partial charge in [0, 0.05) is 6.54 Å². The predicted molar refractivity (Wildman–Crippen MR) is 58.4 cm³/mol. The van der Waals surface area contributed by atoms with E-state index < -0.39 is 6.09 Å². The SMILES string of the molecule is COC(=O)NCc1ccc(CCN)cc1. The maximum Gasteiger partial charge on any atom is 0.407 e. The Balaban J connectivity index is 2.45. The van der Waals surface area contributed by atoms with Crippen LogP contribution in [0.5, 0.6) is 0 Å². The standard InChI is InChI=1S/C11H16N2O2/c1-15-11(14)13-8-10-4-2-9(3-5-10)6-7-12/h2-5H,6-8,12H2,1H3,(H,13,14). The van der Waals surface area contributed by atoms with Crippen LogP contribution < -0.4 is 11.1 Å². The van der Waals surface area contributed by atoms with Crippen LogP contribution in [0.15, 0.2) is 24.3 Å². The van der Waals surface area contributed by atoms with Gasteiger partial charge in [0.1, 0.15) is 0 Å². The zero-order valence-corrected chi connectivity index (χ0v) is 8.82. The minimum Gasteiger partial charge on any atom is -0.453 e. The summed E-state index contributed by atoms with van der Waals surface area (Å²) < 4.78 is 4.47.